The van der Waals surface area contributed by atoms with Crippen molar-refractivity contribution in [1.82, 2.24) is 9.88 Å². The molecule has 29 heavy (non-hydrogen) atoms. The number of hydrogen-bond acceptors (Lipinski definition) is 3. The number of amides is 1. The number of benzene rings is 3. The Hall–Kier alpha value is -3.11. The van der Waals surface area contributed by atoms with Crippen LogP contribution in [0.5, 0.6) is 0 Å². The van der Waals surface area contributed by atoms with E-state index in [0.29, 0.717) is 18.2 Å². The zero-order chi connectivity index (χ0) is 19.8. The van der Waals surface area contributed by atoms with E-state index >= 15 is 0 Å². The smallest absolute Gasteiger partial charge is 0.255 e. The standard InChI is InChI=1S/C24H20ClN3O/c25-21-10-5-11-22(26-21)27-12-14-28(15-13-27)24(29)23-19-8-3-1-6-17(19)16-18-7-2-4-9-20(18)23/h1-11,16H,12-15H2. The van der Waals surface area contributed by atoms with Crippen LogP contribution in [0.2, 0.25) is 5.15 Å². The highest BCUT2D eigenvalue weighted by atomic mass is 35.5. The molecule has 0 saturated carbocycles. The predicted molar refractivity (Wildman–Crippen MR) is 119 cm³/mol. The normalized spacial score (nSPS) is 14.5. The molecule has 1 saturated heterocycles. The van der Waals surface area contributed by atoms with Gasteiger partial charge in [0.1, 0.15) is 11.0 Å². The van der Waals surface area contributed by atoms with Crippen LogP contribution in [0, 0.1) is 0 Å². The second kappa shape index (κ2) is 7.37. The van der Waals surface area contributed by atoms with Gasteiger partial charge < -0.3 is 9.80 Å². The average Bonchev–Trinajstić information content (AvgIpc) is 2.77. The summed E-state index contributed by atoms with van der Waals surface area (Å²) in [5.41, 5.74) is 0.799. The predicted octanol–water partition coefficient (Wildman–Crippen LogP) is 5.00. The van der Waals surface area contributed by atoms with E-state index in [1.165, 1.54) is 0 Å². The number of halogens is 1. The number of piperazine rings is 1. The molecule has 3 aromatic carbocycles. The van der Waals surface area contributed by atoms with Gasteiger partial charge >= 0.3 is 0 Å². The van der Waals surface area contributed by atoms with E-state index < -0.39 is 0 Å². The lowest BCUT2D eigenvalue weighted by Crippen LogP contribution is -2.49. The van der Waals surface area contributed by atoms with Crippen molar-refractivity contribution in [2.24, 2.45) is 0 Å². The molecule has 1 aromatic heterocycles. The van der Waals surface area contributed by atoms with Crippen molar-refractivity contribution in [2.45, 2.75) is 0 Å². The minimum Gasteiger partial charge on any atom is -0.353 e. The Morgan fingerprint density at radius 3 is 2.03 bits per heavy atom. The molecule has 1 amide bonds. The molecule has 0 bridgehead atoms. The molecule has 4 nitrogen and oxygen atoms in total. The van der Waals surface area contributed by atoms with Crippen LogP contribution < -0.4 is 4.90 Å². The fourth-order valence-corrected chi connectivity index (χ4v) is 4.27. The largest absolute Gasteiger partial charge is 0.353 e. The van der Waals surface area contributed by atoms with Crippen LogP contribution in [-0.4, -0.2) is 42.0 Å². The zero-order valence-corrected chi connectivity index (χ0v) is 16.6. The molecular weight excluding hydrogens is 382 g/mol. The first-order valence-electron chi connectivity index (χ1n) is 9.78. The first-order chi connectivity index (χ1) is 14.2. The summed E-state index contributed by atoms with van der Waals surface area (Å²) in [7, 11) is 0. The van der Waals surface area contributed by atoms with E-state index in [1.807, 2.05) is 53.4 Å². The van der Waals surface area contributed by atoms with E-state index in [4.69, 9.17) is 11.6 Å². The van der Waals surface area contributed by atoms with Gasteiger partial charge in [-0.15, -0.1) is 0 Å². The van der Waals surface area contributed by atoms with Gasteiger partial charge in [-0.3, -0.25) is 4.79 Å². The maximum atomic E-state index is 13.6. The van der Waals surface area contributed by atoms with Crippen molar-refractivity contribution >= 4 is 44.9 Å². The van der Waals surface area contributed by atoms with Crippen molar-refractivity contribution in [2.75, 3.05) is 31.1 Å². The molecule has 0 atom stereocenters. The van der Waals surface area contributed by atoms with Crippen LogP contribution in [-0.2, 0) is 0 Å². The Morgan fingerprint density at radius 1 is 0.793 bits per heavy atom. The Bertz CT molecular complexity index is 1160. The lowest BCUT2D eigenvalue weighted by Gasteiger charge is -2.35. The Kier molecular flexibility index (Phi) is 4.57. The third kappa shape index (κ3) is 3.30. The van der Waals surface area contributed by atoms with Crippen LogP contribution in [0.25, 0.3) is 21.5 Å². The maximum Gasteiger partial charge on any atom is 0.255 e. The highest BCUT2D eigenvalue weighted by Crippen LogP contribution is 2.30. The molecule has 0 spiro atoms. The second-order valence-corrected chi connectivity index (χ2v) is 7.68. The topological polar surface area (TPSA) is 36.4 Å². The summed E-state index contributed by atoms with van der Waals surface area (Å²) in [6.45, 7) is 2.79. The molecule has 4 aromatic rings. The lowest BCUT2D eigenvalue weighted by molar-refractivity contribution is 0.0750. The molecule has 2 heterocycles. The number of fused-ring (bicyclic) bond motifs is 2. The quantitative estimate of drug-likeness (QED) is 0.350. The van der Waals surface area contributed by atoms with Gasteiger partial charge in [-0.05, 0) is 39.7 Å². The molecule has 1 fully saturated rings. The summed E-state index contributed by atoms with van der Waals surface area (Å²) < 4.78 is 0. The fourth-order valence-electron chi connectivity index (χ4n) is 4.11. The highest BCUT2D eigenvalue weighted by molar-refractivity contribution is 6.29. The van der Waals surface area contributed by atoms with E-state index in [0.717, 1.165) is 46.0 Å². The number of aromatic nitrogens is 1. The number of anilines is 1. The molecule has 0 unspecified atom stereocenters. The third-order valence-corrected chi connectivity index (χ3v) is 5.79. The number of rotatable bonds is 2. The van der Waals surface area contributed by atoms with Gasteiger partial charge in [0.25, 0.3) is 5.91 Å². The Labute approximate surface area is 174 Å². The summed E-state index contributed by atoms with van der Waals surface area (Å²) in [6, 6.07) is 24.1. The molecule has 0 radical (unpaired) electrons. The van der Waals surface area contributed by atoms with E-state index in [-0.39, 0.29) is 5.91 Å². The number of carbonyl (C=O) groups excluding carboxylic acids is 1. The summed E-state index contributed by atoms with van der Waals surface area (Å²) in [4.78, 5) is 22.1. The highest BCUT2D eigenvalue weighted by Gasteiger charge is 2.25. The van der Waals surface area contributed by atoms with Gasteiger partial charge in [0, 0.05) is 26.2 Å². The number of nitrogens with zero attached hydrogens (tertiary/aromatic N) is 3. The minimum atomic E-state index is 0.0942. The lowest BCUT2D eigenvalue weighted by atomic mass is 9.95. The second-order valence-electron chi connectivity index (χ2n) is 7.29. The van der Waals surface area contributed by atoms with E-state index in [1.54, 1.807) is 6.07 Å². The molecule has 0 aliphatic carbocycles. The summed E-state index contributed by atoms with van der Waals surface area (Å²) in [5, 5.41) is 4.70. The van der Waals surface area contributed by atoms with E-state index in [2.05, 4.69) is 28.1 Å². The van der Waals surface area contributed by atoms with Gasteiger partial charge in [0.15, 0.2) is 0 Å². The van der Waals surface area contributed by atoms with Gasteiger partial charge in [-0.25, -0.2) is 4.98 Å². The van der Waals surface area contributed by atoms with Crippen molar-refractivity contribution in [1.29, 1.82) is 0 Å². The summed E-state index contributed by atoms with van der Waals surface area (Å²) in [5.74, 6) is 0.955. The van der Waals surface area contributed by atoms with Gasteiger partial charge in [0.2, 0.25) is 0 Å². The van der Waals surface area contributed by atoms with Crippen LogP contribution in [0.3, 0.4) is 0 Å². The van der Waals surface area contributed by atoms with Crippen LogP contribution >= 0.6 is 11.6 Å². The van der Waals surface area contributed by atoms with Crippen molar-refractivity contribution in [3.8, 4) is 0 Å². The minimum absolute atomic E-state index is 0.0942. The van der Waals surface area contributed by atoms with Gasteiger partial charge in [-0.1, -0.05) is 66.2 Å². The van der Waals surface area contributed by atoms with E-state index in [9.17, 15) is 4.79 Å². The molecule has 0 N–H and O–H groups in total. The SMILES string of the molecule is O=C(c1c2ccccc2cc2ccccc12)N1CCN(c2cccc(Cl)n2)CC1. The average molecular weight is 402 g/mol. The first-order valence-corrected chi connectivity index (χ1v) is 10.2. The van der Waals surface area contributed by atoms with Crippen LogP contribution in [0.15, 0.2) is 72.8 Å². The van der Waals surface area contributed by atoms with Crippen molar-refractivity contribution < 1.29 is 4.79 Å². The summed E-state index contributed by atoms with van der Waals surface area (Å²) >= 11 is 6.03. The fraction of sp³-hybridized carbons (Fsp3) is 0.167. The number of carbonyl (C=O) groups is 1. The Morgan fingerprint density at radius 2 is 1.41 bits per heavy atom. The maximum absolute atomic E-state index is 13.6. The third-order valence-electron chi connectivity index (χ3n) is 5.58. The van der Waals surface area contributed by atoms with Gasteiger partial charge in [-0.2, -0.15) is 0 Å². The molecule has 144 valence electrons. The zero-order valence-electron chi connectivity index (χ0n) is 15.9. The molecule has 5 heteroatoms. The van der Waals surface area contributed by atoms with Crippen molar-refractivity contribution in [3.63, 3.8) is 0 Å². The van der Waals surface area contributed by atoms with Gasteiger partial charge in [0.05, 0.1) is 5.56 Å². The monoisotopic (exact) mass is 401 g/mol. The number of hydrogen-bond donors (Lipinski definition) is 0. The molecule has 5 rings (SSSR count). The van der Waals surface area contributed by atoms with Crippen LogP contribution in [0.4, 0.5) is 5.82 Å². The first kappa shape index (κ1) is 18.0. The number of pyridine rings is 1. The molecule has 1 aliphatic heterocycles. The van der Waals surface area contributed by atoms with Crippen molar-refractivity contribution in [3.05, 3.63) is 83.5 Å². The molecular formula is C24H20ClN3O. The van der Waals surface area contributed by atoms with Crippen LogP contribution in [0.1, 0.15) is 10.4 Å². The molecule has 1 aliphatic rings. The summed E-state index contributed by atoms with van der Waals surface area (Å²) in [6.07, 6.45) is 0. The Balaban J connectivity index is 1.47.